The minimum absolute atomic E-state index is 0.111. The van der Waals surface area contributed by atoms with Gasteiger partial charge in [0.1, 0.15) is 0 Å². The van der Waals surface area contributed by atoms with E-state index in [4.69, 9.17) is 0 Å². The maximum Gasteiger partial charge on any atom is 0.274 e. The van der Waals surface area contributed by atoms with Crippen molar-refractivity contribution in [2.24, 2.45) is 4.99 Å². The van der Waals surface area contributed by atoms with Gasteiger partial charge in [-0.25, -0.2) is 0 Å². The van der Waals surface area contributed by atoms with Crippen molar-refractivity contribution in [3.05, 3.63) is 61.8 Å². The summed E-state index contributed by atoms with van der Waals surface area (Å²) in [6.45, 7) is 3.09. The Labute approximate surface area is 133 Å². The Morgan fingerprint density at radius 3 is 2.64 bits per heavy atom. The summed E-state index contributed by atoms with van der Waals surface area (Å²) < 4.78 is 0. The third-order valence-corrected chi connectivity index (χ3v) is 4.27. The van der Waals surface area contributed by atoms with Gasteiger partial charge in [-0.1, -0.05) is 18.2 Å². The van der Waals surface area contributed by atoms with Crippen LogP contribution in [0, 0.1) is 17.0 Å². The van der Waals surface area contributed by atoms with Crippen LogP contribution >= 0.6 is 11.3 Å². The van der Waals surface area contributed by atoms with Crippen LogP contribution < -0.4 is 10.6 Å². The van der Waals surface area contributed by atoms with E-state index in [0.717, 1.165) is 0 Å². The van der Waals surface area contributed by atoms with Crippen molar-refractivity contribution in [2.45, 2.75) is 20.0 Å². The van der Waals surface area contributed by atoms with E-state index in [1.807, 2.05) is 0 Å². The molecule has 0 saturated heterocycles. The maximum atomic E-state index is 11.0. The summed E-state index contributed by atoms with van der Waals surface area (Å²) in [6.07, 6.45) is 0. The number of nitro benzene ring substituents is 1. The summed E-state index contributed by atoms with van der Waals surface area (Å²) in [5.41, 5.74) is 1.98. The molecule has 0 spiro atoms. The number of benzene rings is 1. The third-order valence-electron chi connectivity index (χ3n) is 3.24. The summed E-state index contributed by atoms with van der Waals surface area (Å²) in [5.74, 6) is 0.617. The zero-order valence-electron chi connectivity index (χ0n) is 12.5. The highest BCUT2D eigenvalue weighted by Gasteiger charge is 2.12. The molecule has 0 unspecified atom stereocenters. The van der Waals surface area contributed by atoms with E-state index in [9.17, 15) is 10.1 Å². The SMILES string of the molecule is CN=C(NCc1ccccc1[N+](=O)[O-])NCc1sccc1C. The lowest BCUT2D eigenvalue weighted by atomic mass is 10.2. The smallest absolute Gasteiger partial charge is 0.274 e. The van der Waals surface area contributed by atoms with Crippen LogP contribution in [0.3, 0.4) is 0 Å². The summed E-state index contributed by atoms with van der Waals surface area (Å²) in [5, 5.41) is 19.4. The van der Waals surface area contributed by atoms with Crippen LogP contribution in [0.15, 0.2) is 40.7 Å². The lowest BCUT2D eigenvalue weighted by Crippen LogP contribution is -2.36. The molecule has 1 heterocycles. The molecule has 2 N–H and O–H groups in total. The first-order valence-corrected chi connectivity index (χ1v) is 7.69. The zero-order valence-corrected chi connectivity index (χ0v) is 13.3. The summed E-state index contributed by atoms with van der Waals surface area (Å²) in [7, 11) is 1.68. The Hall–Kier alpha value is -2.41. The van der Waals surface area contributed by atoms with Crippen LogP contribution in [0.4, 0.5) is 5.69 Å². The fourth-order valence-electron chi connectivity index (χ4n) is 1.99. The maximum absolute atomic E-state index is 11.0. The first-order valence-electron chi connectivity index (χ1n) is 6.81. The van der Waals surface area contributed by atoms with Gasteiger partial charge in [0.2, 0.25) is 0 Å². The minimum atomic E-state index is -0.373. The van der Waals surface area contributed by atoms with E-state index >= 15 is 0 Å². The predicted octanol–water partition coefficient (Wildman–Crippen LogP) is 2.83. The van der Waals surface area contributed by atoms with E-state index in [1.165, 1.54) is 16.5 Å². The Morgan fingerprint density at radius 2 is 2.00 bits per heavy atom. The van der Waals surface area contributed by atoms with Gasteiger partial charge >= 0.3 is 0 Å². The second-order valence-electron chi connectivity index (χ2n) is 4.69. The highest BCUT2D eigenvalue weighted by atomic mass is 32.1. The Morgan fingerprint density at radius 1 is 1.27 bits per heavy atom. The average molecular weight is 318 g/mol. The van der Waals surface area contributed by atoms with Gasteiger partial charge in [-0.3, -0.25) is 15.1 Å². The lowest BCUT2D eigenvalue weighted by molar-refractivity contribution is -0.385. The largest absolute Gasteiger partial charge is 0.352 e. The van der Waals surface area contributed by atoms with Crippen LogP contribution in [0.1, 0.15) is 16.0 Å². The topological polar surface area (TPSA) is 79.6 Å². The molecule has 1 aromatic heterocycles. The van der Waals surface area contributed by atoms with Crippen molar-refractivity contribution < 1.29 is 4.92 Å². The van der Waals surface area contributed by atoms with Gasteiger partial charge in [-0.2, -0.15) is 0 Å². The Balaban J connectivity index is 1.95. The molecule has 0 radical (unpaired) electrons. The molecule has 22 heavy (non-hydrogen) atoms. The van der Waals surface area contributed by atoms with Crippen molar-refractivity contribution in [1.29, 1.82) is 0 Å². The number of rotatable bonds is 5. The first-order chi connectivity index (χ1) is 10.6. The van der Waals surface area contributed by atoms with Crippen LogP contribution in [-0.2, 0) is 13.1 Å². The monoisotopic (exact) mass is 318 g/mol. The van der Waals surface area contributed by atoms with Gasteiger partial charge in [0.05, 0.1) is 11.5 Å². The van der Waals surface area contributed by atoms with Crippen molar-refractivity contribution in [3.63, 3.8) is 0 Å². The second kappa shape index (κ2) is 7.56. The van der Waals surface area contributed by atoms with Gasteiger partial charge in [-0.15, -0.1) is 11.3 Å². The summed E-state index contributed by atoms with van der Waals surface area (Å²) in [4.78, 5) is 16.0. The second-order valence-corrected chi connectivity index (χ2v) is 5.69. The molecule has 7 heteroatoms. The van der Waals surface area contributed by atoms with Crippen LogP contribution in [0.25, 0.3) is 0 Å². The number of nitrogens with zero attached hydrogens (tertiary/aromatic N) is 2. The molecule has 0 aliphatic carbocycles. The quantitative estimate of drug-likeness (QED) is 0.384. The standard InChI is InChI=1S/C15H18N4O2S/c1-11-7-8-22-14(11)10-18-15(16-2)17-9-12-5-3-4-6-13(12)19(20)21/h3-8H,9-10H2,1-2H3,(H2,16,17,18). The number of hydrogen-bond acceptors (Lipinski definition) is 4. The van der Waals surface area contributed by atoms with Gasteiger partial charge < -0.3 is 10.6 Å². The fraction of sp³-hybridized carbons (Fsp3) is 0.267. The highest BCUT2D eigenvalue weighted by Crippen LogP contribution is 2.17. The van der Waals surface area contributed by atoms with E-state index in [1.54, 1.807) is 36.6 Å². The molecule has 0 atom stereocenters. The van der Waals surface area contributed by atoms with Gasteiger partial charge in [-0.05, 0) is 23.9 Å². The number of nitrogens with one attached hydrogen (secondary N) is 2. The minimum Gasteiger partial charge on any atom is -0.352 e. The number of guanidine groups is 1. The number of para-hydroxylation sites is 1. The molecule has 0 amide bonds. The van der Waals surface area contributed by atoms with Gasteiger partial charge in [0, 0.05) is 30.1 Å². The van der Waals surface area contributed by atoms with Crippen molar-refractivity contribution in [1.82, 2.24) is 10.6 Å². The van der Waals surface area contributed by atoms with E-state index in [0.29, 0.717) is 24.6 Å². The van der Waals surface area contributed by atoms with E-state index in [-0.39, 0.29) is 10.6 Å². The van der Waals surface area contributed by atoms with E-state index in [2.05, 4.69) is 34.0 Å². The predicted molar refractivity (Wildman–Crippen MR) is 89.2 cm³/mol. The van der Waals surface area contributed by atoms with Crippen molar-refractivity contribution >= 4 is 23.0 Å². The normalized spacial score (nSPS) is 11.3. The zero-order chi connectivity index (χ0) is 15.9. The lowest BCUT2D eigenvalue weighted by Gasteiger charge is -2.12. The number of hydrogen-bond donors (Lipinski definition) is 2. The molecule has 116 valence electrons. The molecule has 0 saturated carbocycles. The first kappa shape index (κ1) is 16.0. The summed E-state index contributed by atoms with van der Waals surface area (Å²) in [6, 6.07) is 8.76. The molecule has 0 aliphatic rings. The third kappa shape index (κ3) is 4.05. The number of aliphatic imine (C=N–C) groups is 1. The Kier molecular flexibility index (Phi) is 5.48. The van der Waals surface area contributed by atoms with Crippen molar-refractivity contribution in [2.75, 3.05) is 7.05 Å². The van der Waals surface area contributed by atoms with Gasteiger partial charge in [0.15, 0.2) is 5.96 Å². The number of aryl methyl sites for hydroxylation is 1. The van der Waals surface area contributed by atoms with E-state index < -0.39 is 0 Å². The molecule has 0 bridgehead atoms. The molecule has 2 rings (SSSR count). The van der Waals surface area contributed by atoms with Crippen molar-refractivity contribution in [3.8, 4) is 0 Å². The average Bonchev–Trinajstić information content (AvgIpc) is 2.93. The number of nitro groups is 1. The van der Waals surface area contributed by atoms with Crippen LogP contribution in [0.5, 0.6) is 0 Å². The molecule has 0 aliphatic heterocycles. The summed E-state index contributed by atoms with van der Waals surface area (Å²) >= 11 is 1.69. The number of thiophene rings is 1. The fourth-order valence-corrected chi connectivity index (χ4v) is 2.83. The molecule has 6 nitrogen and oxygen atoms in total. The molecular weight excluding hydrogens is 300 g/mol. The molecule has 0 fully saturated rings. The van der Waals surface area contributed by atoms with Crippen LogP contribution in [-0.4, -0.2) is 17.9 Å². The highest BCUT2D eigenvalue weighted by molar-refractivity contribution is 7.10. The Bertz CT molecular complexity index is 682. The van der Waals surface area contributed by atoms with Crippen LogP contribution in [0.2, 0.25) is 0 Å². The molecular formula is C15H18N4O2S. The molecule has 2 aromatic rings. The van der Waals surface area contributed by atoms with Gasteiger partial charge in [0.25, 0.3) is 5.69 Å². The molecule has 1 aromatic carbocycles.